The van der Waals surface area contributed by atoms with Crippen molar-refractivity contribution in [1.82, 2.24) is 0 Å². The van der Waals surface area contributed by atoms with Crippen molar-refractivity contribution in [1.29, 1.82) is 0 Å². The topological polar surface area (TPSA) is 141 Å². The van der Waals surface area contributed by atoms with Crippen LogP contribution in [0.3, 0.4) is 0 Å². The second-order valence-electron chi connectivity index (χ2n) is 14.3. The average molecular weight is 709 g/mol. The molecule has 4 aromatic rings. The van der Waals surface area contributed by atoms with E-state index in [0.29, 0.717) is 68.3 Å². The van der Waals surface area contributed by atoms with Gasteiger partial charge < -0.3 is 41.9 Å². The molecule has 0 saturated carbocycles. The minimum Gasteiger partial charge on any atom is -0.496 e. The minimum absolute atomic E-state index is 0.521. The molecule has 0 spiro atoms. The van der Waals surface area contributed by atoms with Crippen molar-refractivity contribution in [3.63, 3.8) is 0 Å². The SMILES string of the molecule is CCCCCOc1c2cc(N)cc1Cc1cc(N)cc(c1OCCCCC)Cc1cc(N)cc(c1OCCCCC)Cc1cc(N)cc(c1OC)C2. The molecule has 0 amide bonds. The van der Waals surface area contributed by atoms with Crippen LogP contribution in [0.2, 0.25) is 0 Å². The first-order valence-corrected chi connectivity index (χ1v) is 19.3. The first kappa shape index (κ1) is 38.5. The fourth-order valence-corrected chi connectivity index (χ4v) is 7.39. The van der Waals surface area contributed by atoms with Crippen molar-refractivity contribution >= 4 is 22.7 Å². The van der Waals surface area contributed by atoms with E-state index in [1.165, 1.54) is 0 Å². The van der Waals surface area contributed by atoms with E-state index in [9.17, 15) is 0 Å². The molecule has 280 valence electrons. The van der Waals surface area contributed by atoms with Crippen LogP contribution in [0.5, 0.6) is 23.0 Å². The van der Waals surface area contributed by atoms with Gasteiger partial charge in [0.25, 0.3) is 0 Å². The maximum Gasteiger partial charge on any atom is 0.126 e. The van der Waals surface area contributed by atoms with Gasteiger partial charge in [-0.15, -0.1) is 0 Å². The lowest BCUT2D eigenvalue weighted by molar-refractivity contribution is 0.296. The molecule has 1 aliphatic carbocycles. The smallest absolute Gasteiger partial charge is 0.126 e. The highest BCUT2D eigenvalue weighted by molar-refractivity contribution is 5.64. The first-order valence-electron chi connectivity index (χ1n) is 19.3. The van der Waals surface area contributed by atoms with Crippen molar-refractivity contribution in [2.75, 3.05) is 49.9 Å². The van der Waals surface area contributed by atoms with Crippen LogP contribution in [0.15, 0.2) is 48.5 Å². The summed E-state index contributed by atoms with van der Waals surface area (Å²) in [6.45, 7) is 8.42. The van der Waals surface area contributed by atoms with E-state index in [2.05, 4.69) is 20.8 Å². The quantitative estimate of drug-likeness (QED) is 0.0587. The Balaban J connectivity index is 1.76. The molecule has 0 aromatic heterocycles. The van der Waals surface area contributed by atoms with Gasteiger partial charge in [-0.25, -0.2) is 0 Å². The van der Waals surface area contributed by atoms with Crippen molar-refractivity contribution in [3.05, 3.63) is 93.0 Å². The van der Waals surface area contributed by atoms with Crippen LogP contribution < -0.4 is 41.9 Å². The summed E-state index contributed by atoms with van der Waals surface area (Å²) in [7, 11) is 1.72. The lowest BCUT2D eigenvalue weighted by Gasteiger charge is -2.23. The molecule has 8 heteroatoms. The van der Waals surface area contributed by atoms with E-state index >= 15 is 0 Å². The Bertz CT molecular complexity index is 1690. The van der Waals surface area contributed by atoms with Gasteiger partial charge in [0.2, 0.25) is 0 Å². The minimum atomic E-state index is 0.521. The van der Waals surface area contributed by atoms with Gasteiger partial charge in [0.1, 0.15) is 23.0 Å². The van der Waals surface area contributed by atoms with E-state index < -0.39 is 0 Å². The Labute approximate surface area is 311 Å². The Morgan fingerprint density at radius 2 is 0.615 bits per heavy atom. The van der Waals surface area contributed by atoms with Gasteiger partial charge in [0, 0.05) is 92.9 Å². The molecule has 8 bridgehead atoms. The number of unbranched alkanes of at least 4 members (excludes halogenated alkanes) is 6. The number of benzene rings is 4. The monoisotopic (exact) mass is 708 g/mol. The third kappa shape index (κ3) is 9.78. The number of hydrogen-bond acceptors (Lipinski definition) is 8. The number of methoxy groups -OCH3 is 1. The highest BCUT2D eigenvalue weighted by Gasteiger charge is 2.23. The van der Waals surface area contributed by atoms with Crippen LogP contribution in [0, 0.1) is 0 Å². The summed E-state index contributed by atoms with van der Waals surface area (Å²) in [5.74, 6) is 3.30. The normalized spacial score (nSPS) is 12.4. The van der Waals surface area contributed by atoms with Gasteiger partial charge in [-0.05, 0) is 67.8 Å². The number of hydrogen-bond donors (Lipinski definition) is 4. The van der Waals surface area contributed by atoms with Crippen molar-refractivity contribution in [2.45, 2.75) is 104 Å². The molecule has 0 radical (unpaired) electrons. The molecule has 52 heavy (non-hydrogen) atoms. The average Bonchev–Trinajstić information content (AvgIpc) is 3.09. The molecule has 1 aliphatic rings. The standard InChI is InChI=1S/C44H60N4O4/c1-5-8-11-14-50-42-31-17-29-21-37(45)22-30(41(29)49-4)18-32-24-39(47)26-34(43(32)51-15-12-9-6-2)20-36-28-40(48)27-35(19-33(42)25-38(46)23-31)44(36)52-16-13-10-7-3/h21-28H,5-20,45-48H2,1-4H3. The fourth-order valence-electron chi connectivity index (χ4n) is 7.39. The molecule has 0 fully saturated rings. The van der Waals surface area contributed by atoms with Crippen LogP contribution in [-0.2, 0) is 25.7 Å². The second-order valence-corrected chi connectivity index (χ2v) is 14.3. The molecule has 0 atom stereocenters. The summed E-state index contributed by atoms with van der Waals surface area (Å²) in [5.41, 5.74) is 37.2. The Kier molecular flexibility index (Phi) is 13.8. The molecule has 0 heterocycles. The third-order valence-corrected chi connectivity index (χ3v) is 9.77. The zero-order valence-corrected chi connectivity index (χ0v) is 31.9. The van der Waals surface area contributed by atoms with E-state index in [1.54, 1.807) is 7.11 Å². The Morgan fingerprint density at radius 1 is 0.385 bits per heavy atom. The van der Waals surface area contributed by atoms with Crippen molar-refractivity contribution in [3.8, 4) is 23.0 Å². The number of anilines is 4. The van der Waals surface area contributed by atoms with Crippen molar-refractivity contribution < 1.29 is 18.9 Å². The van der Waals surface area contributed by atoms with Crippen LogP contribution in [-0.4, -0.2) is 26.9 Å². The Morgan fingerprint density at radius 3 is 0.827 bits per heavy atom. The van der Waals surface area contributed by atoms with Crippen LogP contribution in [0.4, 0.5) is 22.7 Å². The molecule has 5 rings (SSSR count). The predicted molar refractivity (Wildman–Crippen MR) is 216 cm³/mol. The zero-order valence-electron chi connectivity index (χ0n) is 31.9. The van der Waals surface area contributed by atoms with Gasteiger partial charge >= 0.3 is 0 Å². The van der Waals surface area contributed by atoms with Gasteiger partial charge in [-0.3, -0.25) is 0 Å². The molecular weight excluding hydrogens is 649 g/mol. The summed E-state index contributed by atoms with van der Waals surface area (Å²) >= 11 is 0. The van der Waals surface area contributed by atoms with E-state index in [0.717, 1.165) is 125 Å². The molecule has 4 aromatic carbocycles. The highest BCUT2D eigenvalue weighted by atomic mass is 16.5. The predicted octanol–water partition coefficient (Wildman–Crippen LogP) is 9.41. The van der Waals surface area contributed by atoms with Crippen LogP contribution in [0.25, 0.3) is 0 Å². The molecule has 0 saturated heterocycles. The summed E-state index contributed by atoms with van der Waals surface area (Å²) in [5, 5.41) is 0. The van der Waals surface area contributed by atoms with Gasteiger partial charge in [-0.1, -0.05) is 59.3 Å². The maximum absolute atomic E-state index is 6.73. The second kappa shape index (κ2) is 18.7. The third-order valence-electron chi connectivity index (χ3n) is 9.77. The van der Waals surface area contributed by atoms with E-state index in [1.807, 2.05) is 48.5 Å². The summed E-state index contributed by atoms with van der Waals surface area (Å²) in [6.07, 6.45) is 11.6. The van der Waals surface area contributed by atoms with Gasteiger partial charge in [0.05, 0.1) is 26.9 Å². The number of ether oxygens (including phenoxy) is 4. The summed E-state index contributed by atoms with van der Waals surface area (Å²) in [6, 6.07) is 16.1. The largest absolute Gasteiger partial charge is 0.496 e. The number of fused-ring (bicyclic) bond motifs is 8. The molecular formula is C44H60N4O4. The lowest BCUT2D eigenvalue weighted by atomic mass is 9.90. The van der Waals surface area contributed by atoms with Crippen molar-refractivity contribution in [2.24, 2.45) is 0 Å². The Hall–Kier alpha value is -4.72. The van der Waals surface area contributed by atoms with Crippen LogP contribution >= 0.6 is 0 Å². The van der Waals surface area contributed by atoms with E-state index in [4.69, 9.17) is 41.9 Å². The first-order chi connectivity index (χ1) is 25.2. The number of nitrogen functional groups attached to an aromatic ring is 4. The summed E-state index contributed by atoms with van der Waals surface area (Å²) < 4.78 is 26.3. The lowest BCUT2D eigenvalue weighted by Crippen LogP contribution is -2.11. The maximum atomic E-state index is 6.73. The van der Waals surface area contributed by atoms with E-state index in [-0.39, 0.29) is 0 Å². The van der Waals surface area contributed by atoms with Gasteiger partial charge in [0.15, 0.2) is 0 Å². The fraction of sp³-hybridized carbons (Fsp3) is 0.455. The zero-order chi connectivity index (χ0) is 37.0. The molecule has 0 unspecified atom stereocenters. The molecule has 8 nitrogen and oxygen atoms in total. The molecule has 0 aliphatic heterocycles. The number of nitrogens with two attached hydrogens (primary N) is 4. The van der Waals surface area contributed by atoms with Gasteiger partial charge in [-0.2, -0.15) is 0 Å². The highest BCUT2D eigenvalue weighted by Crippen LogP contribution is 2.41. The van der Waals surface area contributed by atoms with Crippen LogP contribution in [0.1, 0.15) is 123 Å². The molecule has 8 N–H and O–H groups in total. The number of rotatable bonds is 16. The summed E-state index contributed by atoms with van der Waals surface area (Å²) in [4.78, 5) is 0.